The number of carbonyl (C=O) groups is 1. The van der Waals surface area contributed by atoms with Gasteiger partial charge in [-0.1, -0.05) is 0 Å². The van der Waals surface area contributed by atoms with Gasteiger partial charge in [0, 0.05) is 20.3 Å². The number of primary sulfonamides is 1. The van der Waals surface area contributed by atoms with Crippen LogP contribution in [0.3, 0.4) is 0 Å². The first-order valence-electron chi connectivity index (χ1n) is 5.39. The molecule has 0 rings (SSSR count). The van der Waals surface area contributed by atoms with Crippen LogP contribution < -0.4 is 16.2 Å². The lowest BCUT2D eigenvalue weighted by Crippen LogP contribution is -2.41. The Kier molecular flexibility index (Phi) is 8.05. The van der Waals surface area contributed by atoms with Crippen LogP contribution in [0.1, 0.15) is 19.3 Å². The summed E-state index contributed by atoms with van der Waals surface area (Å²) in [6.07, 6.45) is 1.53. The van der Waals surface area contributed by atoms with Gasteiger partial charge >= 0.3 is 0 Å². The van der Waals surface area contributed by atoms with Crippen LogP contribution in [0, 0.1) is 0 Å². The molecule has 0 saturated carbocycles. The van der Waals surface area contributed by atoms with Crippen LogP contribution in [0.2, 0.25) is 0 Å². The summed E-state index contributed by atoms with van der Waals surface area (Å²) in [4.78, 5) is 11.4. The lowest BCUT2D eigenvalue weighted by molar-refractivity contribution is -0.122. The largest absolute Gasteiger partial charge is 0.385 e. The molecule has 17 heavy (non-hydrogen) atoms. The number of methoxy groups -OCH3 is 1. The maximum absolute atomic E-state index is 11.4. The lowest BCUT2D eigenvalue weighted by atomic mass is 10.1. The van der Waals surface area contributed by atoms with E-state index >= 15 is 0 Å². The SMILES string of the molecule is COCCCC(N)C(=O)NCCCS(N)(=O)=O. The Balaban J connectivity index is 3.64. The van der Waals surface area contributed by atoms with Crippen molar-refractivity contribution in [2.45, 2.75) is 25.3 Å². The van der Waals surface area contributed by atoms with Gasteiger partial charge in [-0.15, -0.1) is 0 Å². The monoisotopic (exact) mass is 267 g/mol. The molecular formula is C9H21N3O4S. The van der Waals surface area contributed by atoms with Crippen LogP contribution in [0.25, 0.3) is 0 Å². The normalized spacial score (nSPS) is 13.4. The summed E-state index contributed by atoms with van der Waals surface area (Å²) in [5.41, 5.74) is 5.62. The second kappa shape index (κ2) is 8.40. The summed E-state index contributed by atoms with van der Waals surface area (Å²) in [6.45, 7) is 0.819. The van der Waals surface area contributed by atoms with Gasteiger partial charge in [0.1, 0.15) is 0 Å². The molecular weight excluding hydrogens is 246 g/mol. The highest BCUT2D eigenvalue weighted by molar-refractivity contribution is 7.89. The number of sulfonamides is 1. The van der Waals surface area contributed by atoms with Crippen LogP contribution in [0.4, 0.5) is 0 Å². The Hall–Kier alpha value is -0.700. The van der Waals surface area contributed by atoms with Crippen molar-refractivity contribution < 1.29 is 17.9 Å². The molecule has 0 spiro atoms. The smallest absolute Gasteiger partial charge is 0.236 e. The van der Waals surface area contributed by atoms with E-state index in [-0.39, 0.29) is 24.6 Å². The molecule has 0 saturated heterocycles. The highest BCUT2D eigenvalue weighted by Gasteiger charge is 2.12. The Morgan fingerprint density at radius 2 is 2.06 bits per heavy atom. The molecule has 0 fully saturated rings. The number of amides is 1. The van der Waals surface area contributed by atoms with Crippen molar-refractivity contribution in [3.8, 4) is 0 Å². The quantitative estimate of drug-likeness (QED) is 0.440. The highest BCUT2D eigenvalue weighted by Crippen LogP contribution is 1.95. The third kappa shape index (κ3) is 10.2. The summed E-state index contributed by atoms with van der Waals surface area (Å²) in [6, 6.07) is -0.584. The Labute approximate surface area is 102 Å². The van der Waals surface area contributed by atoms with Gasteiger partial charge < -0.3 is 15.8 Å². The zero-order valence-electron chi connectivity index (χ0n) is 10.0. The fourth-order valence-corrected chi connectivity index (χ4v) is 1.74. The van der Waals surface area contributed by atoms with Gasteiger partial charge in [-0.2, -0.15) is 0 Å². The van der Waals surface area contributed by atoms with Crippen molar-refractivity contribution in [2.24, 2.45) is 10.9 Å². The predicted octanol–water partition coefficient (Wildman–Crippen LogP) is -1.46. The van der Waals surface area contributed by atoms with Crippen molar-refractivity contribution in [3.05, 3.63) is 0 Å². The van der Waals surface area contributed by atoms with Crippen molar-refractivity contribution in [1.82, 2.24) is 5.32 Å². The number of nitrogens with one attached hydrogen (secondary N) is 1. The summed E-state index contributed by atoms with van der Waals surface area (Å²) in [5, 5.41) is 7.37. The number of hydrogen-bond donors (Lipinski definition) is 3. The van der Waals surface area contributed by atoms with Crippen molar-refractivity contribution in [1.29, 1.82) is 0 Å². The summed E-state index contributed by atoms with van der Waals surface area (Å²) >= 11 is 0. The lowest BCUT2D eigenvalue weighted by Gasteiger charge is -2.11. The zero-order chi connectivity index (χ0) is 13.3. The fraction of sp³-hybridized carbons (Fsp3) is 0.889. The third-order valence-corrected chi connectivity index (χ3v) is 2.96. The van der Waals surface area contributed by atoms with E-state index in [1.807, 2.05) is 0 Å². The van der Waals surface area contributed by atoms with E-state index in [2.05, 4.69) is 5.32 Å². The van der Waals surface area contributed by atoms with E-state index in [0.29, 0.717) is 19.4 Å². The maximum Gasteiger partial charge on any atom is 0.236 e. The second-order valence-electron chi connectivity index (χ2n) is 3.75. The van der Waals surface area contributed by atoms with Gasteiger partial charge in [-0.05, 0) is 19.3 Å². The molecule has 1 unspecified atom stereocenters. The molecule has 0 aromatic heterocycles. The second-order valence-corrected chi connectivity index (χ2v) is 5.49. The van der Waals surface area contributed by atoms with Gasteiger partial charge in [0.2, 0.25) is 15.9 Å². The highest BCUT2D eigenvalue weighted by atomic mass is 32.2. The van der Waals surface area contributed by atoms with Crippen LogP contribution >= 0.6 is 0 Å². The molecule has 0 bridgehead atoms. The van der Waals surface area contributed by atoms with Gasteiger partial charge in [0.25, 0.3) is 0 Å². The van der Waals surface area contributed by atoms with E-state index in [1.54, 1.807) is 7.11 Å². The molecule has 0 aliphatic carbocycles. The van der Waals surface area contributed by atoms with Crippen molar-refractivity contribution >= 4 is 15.9 Å². The van der Waals surface area contributed by atoms with Gasteiger partial charge in [0.05, 0.1) is 11.8 Å². The minimum atomic E-state index is -3.46. The van der Waals surface area contributed by atoms with E-state index in [0.717, 1.165) is 0 Å². The van der Waals surface area contributed by atoms with E-state index in [1.165, 1.54) is 0 Å². The summed E-state index contributed by atoms with van der Waals surface area (Å²) in [5.74, 6) is -0.429. The summed E-state index contributed by atoms with van der Waals surface area (Å²) < 4.78 is 26.1. The minimum absolute atomic E-state index is 0.147. The van der Waals surface area contributed by atoms with Gasteiger partial charge in [-0.25, -0.2) is 13.6 Å². The third-order valence-electron chi connectivity index (χ3n) is 2.11. The minimum Gasteiger partial charge on any atom is -0.385 e. The molecule has 5 N–H and O–H groups in total. The summed E-state index contributed by atoms with van der Waals surface area (Å²) in [7, 11) is -1.88. The molecule has 0 radical (unpaired) electrons. The van der Waals surface area contributed by atoms with Crippen LogP contribution in [0.15, 0.2) is 0 Å². The van der Waals surface area contributed by atoms with Crippen LogP contribution in [-0.4, -0.2) is 46.4 Å². The zero-order valence-corrected chi connectivity index (χ0v) is 10.8. The molecule has 1 amide bonds. The number of hydrogen-bond acceptors (Lipinski definition) is 5. The molecule has 0 aliphatic heterocycles. The van der Waals surface area contributed by atoms with E-state index < -0.39 is 16.1 Å². The van der Waals surface area contributed by atoms with Crippen molar-refractivity contribution in [3.63, 3.8) is 0 Å². The fourth-order valence-electron chi connectivity index (χ4n) is 1.19. The molecule has 1 atom stereocenters. The average molecular weight is 267 g/mol. The van der Waals surface area contributed by atoms with Crippen molar-refractivity contribution in [2.75, 3.05) is 26.0 Å². The molecule has 0 heterocycles. The molecule has 0 aliphatic rings. The Morgan fingerprint density at radius 3 is 2.59 bits per heavy atom. The number of ether oxygens (including phenoxy) is 1. The first kappa shape index (κ1) is 16.3. The number of rotatable bonds is 9. The van der Waals surface area contributed by atoms with Crippen LogP contribution in [0.5, 0.6) is 0 Å². The molecule has 0 aromatic carbocycles. The van der Waals surface area contributed by atoms with Gasteiger partial charge in [0.15, 0.2) is 0 Å². The average Bonchev–Trinajstić information content (AvgIpc) is 2.23. The van der Waals surface area contributed by atoms with E-state index in [9.17, 15) is 13.2 Å². The standard InChI is InChI=1S/C9H21N3O4S/c1-16-6-2-4-8(10)9(13)12-5-3-7-17(11,14)15/h8H,2-7,10H2,1H3,(H,12,13)(H2,11,14,15). The molecule has 7 nitrogen and oxygen atoms in total. The number of nitrogens with two attached hydrogens (primary N) is 2. The van der Waals surface area contributed by atoms with Crippen LogP contribution in [-0.2, 0) is 19.6 Å². The Morgan fingerprint density at radius 1 is 1.41 bits per heavy atom. The maximum atomic E-state index is 11.4. The molecule has 102 valence electrons. The molecule has 8 heteroatoms. The topological polar surface area (TPSA) is 125 Å². The van der Waals surface area contributed by atoms with E-state index in [4.69, 9.17) is 15.6 Å². The first-order chi connectivity index (χ1) is 7.87. The molecule has 0 aromatic rings. The number of carbonyl (C=O) groups excluding carboxylic acids is 1. The Bertz CT molecular complexity index is 318. The van der Waals surface area contributed by atoms with Gasteiger partial charge in [-0.3, -0.25) is 4.79 Å². The predicted molar refractivity (Wildman–Crippen MR) is 64.7 cm³/mol. The first-order valence-corrected chi connectivity index (χ1v) is 7.11.